The molecule has 0 saturated heterocycles. The second-order valence-electron chi connectivity index (χ2n) is 4.94. The Morgan fingerprint density at radius 3 is 2.84 bits per heavy atom. The Morgan fingerprint density at radius 1 is 1.32 bits per heavy atom. The monoisotopic (exact) mass is 283 g/mol. The zero-order valence-corrected chi connectivity index (χ0v) is 11.8. The molecular weight excluding hydrogens is 262 g/mol. The number of rotatable bonds is 9. The van der Waals surface area contributed by atoms with Crippen molar-refractivity contribution in [3.05, 3.63) is 30.1 Å². The Hall–Kier alpha value is -0.980. The summed E-state index contributed by atoms with van der Waals surface area (Å²) < 4.78 is 26.1. The highest BCUT2D eigenvalue weighted by Crippen LogP contribution is 2.18. The Bertz CT molecular complexity index is 472. The zero-order chi connectivity index (χ0) is 13.6. The van der Waals surface area contributed by atoms with E-state index in [2.05, 4.69) is 15.0 Å². The van der Waals surface area contributed by atoms with E-state index in [1.165, 1.54) is 12.8 Å². The molecule has 1 aliphatic carbocycles. The minimum Gasteiger partial charge on any atom is -0.314 e. The Morgan fingerprint density at radius 2 is 2.16 bits per heavy atom. The first kappa shape index (κ1) is 14.4. The van der Waals surface area contributed by atoms with Crippen molar-refractivity contribution in [2.75, 3.05) is 12.3 Å². The van der Waals surface area contributed by atoms with E-state index in [-0.39, 0.29) is 5.75 Å². The van der Waals surface area contributed by atoms with Gasteiger partial charge in [-0.15, -0.1) is 0 Å². The van der Waals surface area contributed by atoms with E-state index in [9.17, 15) is 8.42 Å². The van der Waals surface area contributed by atoms with Crippen molar-refractivity contribution in [3.8, 4) is 0 Å². The van der Waals surface area contributed by atoms with Gasteiger partial charge >= 0.3 is 0 Å². The second kappa shape index (κ2) is 6.98. The van der Waals surface area contributed by atoms with Gasteiger partial charge < -0.3 is 5.32 Å². The molecule has 0 radical (unpaired) electrons. The minimum atomic E-state index is -3.17. The summed E-state index contributed by atoms with van der Waals surface area (Å²) in [5, 5.41) is 3.38. The fraction of sp³-hybridized carbons (Fsp3) is 0.615. The Balaban J connectivity index is 1.60. The van der Waals surface area contributed by atoms with Crippen molar-refractivity contribution in [1.82, 2.24) is 15.0 Å². The molecule has 0 aliphatic heterocycles. The number of hydrogen-bond acceptors (Lipinski definition) is 4. The van der Waals surface area contributed by atoms with Crippen LogP contribution < -0.4 is 10.0 Å². The third-order valence-electron chi connectivity index (χ3n) is 3.07. The zero-order valence-electron chi connectivity index (χ0n) is 11.0. The molecule has 0 atom stereocenters. The van der Waals surface area contributed by atoms with Crippen molar-refractivity contribution in [1.29, 1.82) is 0 Å². The van der Waals surface area contributed by atoms with Gasteiger partial charge in [0.2, 0.25) is 10.0 Å². The van der Waals surface area contributed by atoms with Crippen LogP contribution in [0, 0.1) is 0 Å². The summed E-state index contributed by atoms with van der Waals surface area (Å²) in [6, 6.07) is 4.35. The molecule has 0 spiro atoms. The number of hydrogen-bond donors (Lipinski definition) is 2. The van der Waals surface area contributed by atoms with Crippen LogP contribution in [0.3, 0.4) is 0 Å². The van der Waals surface area contributed by atoms with Crippen molar-refractivity contribution in [2.24, 2.45) is 0 Å². The number of nitrogens with zero attached hydrogens (tertiary/aromatic N) is 1. The Labute approximate surface area is 114 Å². The summed E-state index contributed by atoms with van der Waals surface area (Å²) in [5.41, 5.74) is 0.876. The van der Waals surface area contributed by atoms with Gasteiger partial charge in [0, 0.05) is 25.0 Å². The van der Waals surface area contributed by atoms with Crippen molar-refractivity contribution < 1.29 is 8.42 Å². The molecule has 0 aromatic carbocycles. The largest absolute Gasteiger partial charge is 0.314 e. The van der Waals surface area contributed by atoms with Gasteiger partial charge in [-0.25, -0.2) is 13.1 Å². The topological polar surface area (TPSA) is 71.1 Å². The van der Waals surface area contributed by atoms with Gasteiger partial charge in [-0.2, -0.15) is 0 Å². The summed E-state index contributed by atoms with van der Waals surface area (Å²) in [4.78, 5) is 3.95. The van der Waals surface area contributed by atoms with Gasteiger partial charge in [0.15, 0.2) is 0 Å². The van der Waals surface area contributed by atoms with Gasteiger partial charge in [-0.1, -0.05) is 6.07 Å². The molecular formula is C13H21N3O2S. The summed E-state index contributed by atoms with van der Waals surface area (Å²) >= 11 is 0. The summed E-state index contributed by atoms with van der Waals surface area (Å²) in [7, 11) is -3.17. The predicted octanol–water partition coefficient (Wildman–Crippen LogP) is 1.03. The number of aromatic nitrogens is 1. The van der Waals surface area contributed by atoms with Crippen molar-refractivity contribution in [3.63, 3.8) is 0 Å². The van der Waals surface area contributed by atoms with Gasteiger partial charge in [0.25, 0.3) is 0 Å². The van der Waals surface area contributed by atoms with Crippen LogP contribution in [0.25, 0.3) is 0 Å². The lowest BCUT2D eigenvalue weighted by atomic mass is 10.3. The first-order valence-electron chi connectivity index (χ1n) is 6.75. The van der Waals surface area contributed by atoms with E-state index < -0.39 is 10.0 Å². The lowest BCUT2D eigenvalue weighted by molar-refractivity contribution is 0.572. The van der Waals surface area contributed by atoms with Crippen LogP contribution in [0.15, 0.2) is 24.5 Å². The van der Waals surface area contributed by atoms with Crippen LogP contribution in [-0.2, 0) is 16.6 Å². The molecule has 0 unspecified atom stereocenters. The molecule has 1 heterocycles. The molecule has 1 fully saturated rings. The van der Waals surface area contributed by atoms with E-state index in [4.69, 9.17) is 0 Å². The number of unbranched alkanes of at least 4 members (excludes halogenated alkanes) is 1. The summed E-state index contributed by atoms with van der Waals surface area (Å²) in [5.74, 6) is 0.194. The number of sulfonamides is 1. The first-order valence-corrected chi connectivity index (χ1v) is 8.40. The van der Waals surface area contributed by atoms with Gasteiger partial charge in [0.05, 0.1) is 5.75 Å². The molecule has 106 valence electrons. The average Bonchev–Trinajstić information content (AvgIpc) is 3.21. The standard InChI is InChI=1S/C13H21N3O2S/c17-19(18,9-2-1-8-15-13-5-6-13)16-11-12-4-3-7-14-10-12/h3-4,7,10,13,15-16H,1-2,5-6,8-9,11H2. The molecule has 2 rings (SSSR count). The van der Waals surface area contributed by atoms with E-state index in [1.807, 2.05) is 6.07 Å². The highest BCUT2D eigenvalue weighted by Gasteiger charge is 2.19. The summed E-state index contributed by atoms with van der Waals surface area (Å²) in [6.45, 7) is 1.24. The molecule has 0 amide bonds. The molecule has 1 aromatic heterocycles. The number of nitrogens with one attached hydrogen (secondary N) is 2. The van der Waals surface area contributed by atoms with Crippen molar-refractivity contribution >= 4 is 10.0 Å². The van der Waals surface area contributed by atoms with Gasteiger partial charge in [-0.05, 0) is 43.9 Å². The molecule has 1 saturated carbocycles. The lowest BCUT2D eigenvalue weighted by Crippen LogP contribution is -2.26. The second-order valence-corrected chi connectivity index (χ2v) is 6.86. The fourth-order valence-corrected chi connectivity index (χ4v) is 2.89. The normalized spacial score (nSPS) is 15.6. The molecule has 19 heavy (non-hydrogen) atoms. The molecule has 1 aliphatic rings. The Kier molecular flexibility index (Phi) is 5.30. The quantitative estimate of drug-likeness (QED) is 0.664. The molecule has 2 N–H and O–H groups in total. The maximum Gasteiger partial charge on any atom is 0.211 e. The SMILES string of the molecule is O=S(=O)(CCCCNC1CC1)NCc1cccnc1. The highest BCUT2D eigenvalue weighted by atomic mass is 32.2. The van der Waals surface area contributed by atoms with E-state index >= 15 is 0 Å². The maximum absolute atomic E-state index is 11.8. The van der Waals surface area contributed by atoms with Crippen LogP contribution in [0.1, 0.15) is 31.2 Å². The van der Waals surface area contributed by atoms with E-state index in [0.29, 0.717) is 19.0 Å². The average molecular weight is 283 g/mol. The predicted molar refractivity (Wildman–Crippen MR) is 75.1 cm³/mol. The molecule has 5 nitrogen and oxygen atoms in total. The van der Waals surface area contributed by atoms with Gasteiger partial charge in [-0.3, -0.25) is 4.98 Å². The highest BCUT2D eigenvalue weighted by molar-refractivity contribution is 7.89. The van der Waals surface area contributed by atoms with Crippen LogP contribution in [0.4, 0.5) is 0 Å². The molecule has 0 bridgehead atoms. The molecule has 6 heteroatoms. The number of pyridine rings is 1. The van der Waals surface area contributed by atoms with Gasteiger partial charge in [0.1, 0.15) is 0 Å². The van der Waals surface area contributed by atoms with Crippen LogP contribution >= 0.6 is 0 Å². The van der Waals surface area contributed by atoms with Crippen LogP contribution in [0.2, 0.25) is 0 Å². The minimum absolute atomic E-state index is 0.194. The lowest BCUT2D eigenvalue weighted by Gasteiger charge is -2.07. The van der Waals surface area contributed by atoms with Crippen LogP contribution in [-0.4, -0.2) is 31.7 Å². The first-order chi connectivity index (χ1) is 9.16. The fourth-order valence-electron chi connectivity index (χ4n) is 1.78. The smallest absolute Gasteiger partial charge is 0.211 e. The third-order valence-corrected chi connectivity index (χ3v) is 4.48. The maximum atomic E-state index is 11.8. The van der Waals surface area contributed by atoms with E-state index in [1.54, 1.807) is 18.5 Å². The van der Waals surface area contributed by atoms with Crippen LogP contribution in [0.5, 0.6) is 0 Å². The van der Waals surface area contributed by atoms with E-state index in [0.717, 1.165) is 18.5 Å². The molecule has 1 aromatic rings. The third kappa shape index (κ3) is 6.13. The summed E-state index contributed by atoms with van der Waals surface area (Å²) in [6.07, 6.45) is 7.48. The van der Waals surface area contributed by atoms with Crippen molar-refractivity contribution in [2.45, 2.75) is 38.3 Å².